The molecule has 2 saturated heterocycles. The van der Waals surface area contributed by atoms with Gasteiger partial charge < -0.3 is 14.2 Å². The highest BCUT2D eigenvalue weighted by Gasteiger charge is 2.34. The summed E-state index contributed by atoms with van der Waals surface area (Å²) in [6.45, 7) is 9.02. The smallest absolute Gasteiger partial charge is 0.239 e. The summed E-state index contributed by atoms with van der Waals surface area (Å²) in [7, 11) is 2.08. The van der Waals surface area contributed by atoms with Gasteiger partial charge >= 0.3 is 0 Å². The third kappa shape index (κ3) is 3.93. The number of morpholine rings is 1. The summed E-state index contributed by atoms with van der Waals surface area (Å²) in [6.07, 6.45) is 1.05. The Balaban J connectivity index is 1.51. The quantitative estimate of drug-likeness (QED) is 0.756. The van der Waals surface area contributed by atoms with E-state index in [1.54, 1.807) is 6.92 Å². The molecule has 1 aromatic rings. The number of rotatable bonds is 5. The SMILES string of the molecule is Cc1nc(CN(C)[C@H]2CCN([C@@H](C)C(=O)N3CCOCC3)C2)no1. The minimum absolute atomic E-state index is 0.0751. The zero-order chi connectivity index (χ0) is 17.1. The van der Waals surface area contributed by atoms with E-state index in [0.717, 1.165) is 19.5 Å². The lowest BCUT2D eigenvalue weighted by Gasteiger charge is -2.33. The number of amides is 1. The molecule has 1 amide bonds. The van der Waals surface area contributed by atoms with Crippen LogP contribution in [0.5, 0.6) is 0 Å². The summed E-state index contributed by atoms with van der Waals surface area (Å²) < 4.78 is 10.4. The molecule has 0 aromatic carbocycles. The van der Waals surface area contributed by atoms with Gasteiger partial charge in [0, 0.05) is 39.1 Å². The molecular formula is C16H27N5O3. The van der Waals surface area contributed by atoms with Crippen molar-refractivity contribution in [3.05, 3.63) is 11.7 Å². The fraction of sp³-hybridized carbons (Fsp3) is 0.812. The first-order valence-corrected chi connectivity index (χ1v) is 8.64. The standard InChI is InChI=1S/C16H27N5O3/c1-12(16(22)20-6-8-23-9-7-20)21-5-4-14(10-21)19(3)11-15-17-13(2)24-18-15/h12,14H,4-11H2,1-3H3/t12-,14-/m0/s1. The van der Waals surface area contributed by atoms with E-state index >= 15 is 0 Å². The Morgan fingerprint density at radius 1 is 1.38 bits per heavy atom. The molecule has 1 aromatic heterocycles. The van der Waals surface area contributed by atoms with Crippen molar-refractivity contribution in [2.24, 2.45) is 0 Å². The van der Waals surface area contributed by atoms with E-state index in [4.69, 9.17) is 9.26 Å². The van der Waals surface area contributed by atoms with Gasteiger partial charge in [0.25, 0.3) is 0 Å². The van der Waals surface area contributed by atoms with Crippen molar-refractivity contribution < 1.29 is 14.1 Å². The Kier molecular flexibility index (Phi) is 5.47. The van der Waals surface area contributed by atoms with Gasteiger partial charge in [-0.05, 0) is 20.4 Å². The summed E-state index contributed by atoms with van der Waals surface area (Å²) >= 11 is 0. The molecule has 0 unspecified atom stereocenters. The number of likely N-dealkylation sites (N-methyl/N-ethyl adjacent to an activating group) is 1. The fourth-order valence-corrected chi connectivity index (χ4v) is 3.44. The average Bonchev–Trinajstić information content (AvgIpc) is 3.23. The van der Waals surface area contributed by atoms with Gasteiger partial charge in [0.2, 0.25) is 11.8 Å². The average molecular weight is 337 g/mol. The molecule has 2 aliphatic rings. The van der Waals surface area contributed by atoms with Crippen LogP contribution in [0.3, 0.4) is 0 Å². The Labute approximate surface area is 142 Å². The van der Waals surface area contributed by atoms with Crippen molar-refractivity contribution in [2.75, 3.05) is 46.4 Å². The maximum Gasteiger partial charge on any atom is 0.239 e. The zero-order valence-electron chi connectivity index (χ0n) is 14.8. The number of carbonyl (C=O) groups is 1. The molecule has 134 valence electrons. The van der Waals surface area contributed by atoms with E-state index in [0.29, 0.717) is 50.6 Å². The summed E-state index contributed by atoms with van der Waals surface area (Å²) in [6, 6.07) is 0.331. The number of aromatic nitrogens is 2. The summed E-state index contributed by atoms with van der Waals surface area (Å²) in [5.41, 5.74) is 0. The van der Waals surface area contributed by atoms with Crippen LogP contribution < -0.4 is 0 Å². The third-order valence-electron chi connectivity index (χ3n) is 5.01. The predicted octanol–water partition coefficient (Wildman–Crippen LogP) is 0.131. The molecule has 0 bridgehead atoms. The normalized spacial score (nSPS) is 23.8. The molecule has 8 heteroatoms. The maximum absolute atomic E-state index is 12.6. The summed E-state index contributed by atoms with van der Waals surface area (Å²) in [5, 5.41) is 3.96. The maximum atomic E-state index is 12.6. The van der Waals surface area contributed by atoms with Gasteiger partial charge in [0.15, 0.2) is 5.82 Å². The third-order valence-corrected chi connectivity index (χ3v) is 5.01. The van der Waals surface area contributed by atoms with Gasteiger partial charge in [0.05, 0.1) is 25.8 Å². The Morgan fingerprint density at radius 2 is 2.12 bits per heavy atom. The highest BCUT2D eigenvalue weighted by Crippen LogP contribution is 2.19. The number of hydrogen-bond acceptors (Lipinski definition) is 7. The molecule has 0 spiro atoms. The predicted molar refractivity (Wildman–Crippen MR) is 87.3 cm³/mol. The van der Waals surface area contributed by atoms with Crippen LogP contribution in [-0.2, 0) is 16.1 Å². The van der Waals surface area contributed by atoms with Crippen LogP contribution in [0.1, 0.15) is 25.1 Å². The van der Waals surface area contributed by atoms with Crippen molar-refractivity contribution in [1.82, 2.24) is 24.8 Å². The van der Waals surface area contributed by atoms with Crippen LogP contribution >= 0.6 is 0 Å². The summed E-state index contributed by atoms with van der Waals surface area (Å²) in [4.78, 5) is 23.3. The molecule has 0 N–H and O–H groups in total. The minimum atomic E-state index is -0.0751. The molecule has 3 heterocycles. The molecule has 2 aliphatic heterocycles. The van der Waals surface area contributed by atoms with Crippen LogP contribution in [0.4, 0.5) is 0 Å². The van der Waals surface area contributed by atoms with Crippen LogP contribution in [0.25, 0.3) is 0 Å². The minimum Gasteiger partial charge on any atom is -0.378 e. The van der Waals surface area contributed by atoms with Crippen molar-refractivity contribution in [3.8, 4) is 0 Å². The van der Waals surface area contributed by atoms with Crippen LogP contribution in [0.2, 0.25) is 0 Å². The van der Waals surface area contributed by atoms with Crippen molar-refractivity contribution in [3.63, 3.8) is 0 Å². The molecule has 0 aliphatic carbocycles. The van der Waals surface area contributed by atoms with Gasteiger partial charge in [-0.1, -0.05) is 5.16 Å². The molecule has 2 atom stereocenters. The van der Waals surface area contributed by atoms with Crippen molar-refractivity contribution in [1.29, 1.82) is 0 Å². The molecular weight excluding hydrogens is 310 g/mol. The monoisotopic (exact) mass is 337 g/mol. The van der Waals surface area contributed by atoms with Crippen molar-refractivity contribution >= 4 is 5.91 Å². The lowest BCUT2D eigenvalue weighted by molar-refractivity contribution is -0.140. The number of carbonyl (C=O) groups excluding carboxylic acids is 1. The highest BCUT2D eigenvalue weighted by atomic mass is 16.5. The van der Waals surface area contributed by atoms with Gasteiger partial charge in [-0.3, -0.25) is 14.6 Å². The van der Waals surface area contributed by atoms with Crippen LogP contribution in [0, 0.1) is 6.92 Å². The summed E-state index contributed by atoms with van der Waals surface area (Å²) in [5.74, 6) is 1.53. The highest BCUT2D eigenvalue weighted by molar-refractivity contribution is 5.81. The molecule has 2 fully saturated rings. The molecule has 0 radical (unpaired) electrons. The largest absolute Gasteiger partial charge is 0.378 e. The van der Waals surface area contributed by atoms with E-state index in [1.807, 2.05) is 11.8 Å². The van der Waals surface area contributed by atoms with E-state index < -0.39 is 0 Å². The Hall–Kier alpha value is -1.51. The second kappa shape index (κ2) is 7.58. The van der Waals surface area contributed by atoms with E-state index in [9.17, 15) is 4.79 Å². The molecule has 3 rings (SSSR count). The lowest BCUT2D eigenvalue weighted by Crippen LogP contribution is -2.50. The topological polar surface area (TPSA) is 74.9 Å². The van der Waals surface area contributed by atoms with Gasteiger partial charge in [-0.25, -0.2) is 0 Å². The van der Waals surface area contributed by atoms with Crippen molar-refractivity contribution in [2.45, 2.75) is 38.9 Å². The fourth-order valence-electron chi connectivity index (χ4n) is 3.44. The second-order valence-corrected chi connectivity index (χ2v) is 6.70. The van der Waals surface area contributed by atoms with E-state index in [1.165, 1.54) is 0 Å². The van der Waals surface area contributed by atoms with Gasteiger partial charge in [-0.15, -0.1) is 0 Å². The molecule has 8 nitrogen and oxygen atoms in total. The number of nitrogens with zero attached hydrogens (tertiary/aromatic N) is 5. The van der Waals surface area contributed by atoms with Crippen LogP contribution in [0.15, 0.2) is 4.52 Å². The molecule has 24 heavy (non-hydrogen) atoms. The van der Waals surface area contributed by atoms with Gasteiger partial charge in [0.1, 0.15) is 0 Å². The van der Waals surface area contributed by atoms with E-state index in [2.05, 4.69) is 27.0 Å². The zero-order valence-corrected chi connectivity index (χ0v) is 14.8. The lowest BCUT2D eigenvalue weighted by atomic mass is 10.2. The molecule has 0 saturated carbocycles. The Morgan fingerprint density at radius 3 is 2.79 bits per heavy atom. The van der Waals surface area contributed by atoms with Gasteiger partial charge in [-0.2, -0.15) is 4.98 Å². The number of likely N-dealkylation sites (tertiary alicyclic amines) is 1. The second-order valence-electron chi connectivity index (χ2n) is 6.70. The first-order valence-electron chi connectivity index (χ1n) is 8.64. The number of hydrogen-bond donors (Lipinski definition) is 0. The Bertz CT molecular complexity index is 558. The number of ether oxygens (including phenoxy) is 1. The van der Waals surface area contributed by atoms with Crippen LogP contribution in [-0.4, -0.2) is 89.3 Å². The number of aryl methyl sites for hydroxylation is 1. The first kappa shape index (κ1) is 17.3. The first-order chi connectivity index (χ1) is 11.5. The van der Waals surface area contributed by atoms with E-state index in [-0.39, 0.29) is 11.9 Å².